The Morgan fingerprint density at radius 3 is 2.90 bits per heavy atom. The molecule has 1 atom stereocenters. The first-order valence-corrected chi connectivity index (χ1v) is 6.91. The van der Waals surface area contributed by atoms with Crippen molar-refractivity contribution in [1.29, 1.82) is 0 Å². The van der Waals surface area contributed by atoms with Crippen molar-refractivity contribution in [2.24, 2.45) is 0 Å². The average Bonchev–Trinajstić information content (AvgIpc) is 2.79. The molecule has 2 amide bonds. The zero-order valence-electron chi connectivity index (χ0n) is 11.4. The van der Waals surface area contributed by atoms with Crippen molar-refractivity contribution < 1.29 is 14.0 Å². The van der Waals surface area contributed by atoms with Crippen LogP contribution in [0.4, 0.5) is 4.39 Å². The Balaban J connectivity index is 1.77. The second-order valence-electron chi connectivity index (χ2n) is 5.49. The quantitative estimate of drug-likeness (QED) is 0.781. The minimum absolute atomic E-state index is 0.0681. The van der Waals surface area contributed by atoms with Crippen LogP contribution in [0.2, 0.25) is 0 Å². The van der Waals surface area contributed by atoms with Crippen LogP contribution in [0.1, 0.15) is 28.8 Å². The summed E-state index contributed by atoms with van der Waals surface area (Å²) in [5, 5.41) is 0. The fraction of sp³-hybridized carbons (Fsp3) is 0.467. The summed E-state index contributed by atoms with van der Waals surface area (Å²) >= 11 is 0. The Morgan fingerprint density at radius 2 is 2.15 bits per heavy atom. The van der Waals surface area contributed by atoms with Gasteiger partial charge in [-0.05, 0) is 37.1 Å². The molecular formula is C15H17FN2O2. The standard InChI is InChI=1S/C15H17FN2O2/c1-10-8-11(16)2-4-13(10)15(20)17-6-7-18-12(9-17)3-5-14(18)19/h2,4,8,12H,3,5-7,9H2,1H3. The van der Waals surface area contributed by atoms with E-state index in [9.17, 15) is 14.0 Å². The van der Waals surface area contributed by atoms with Gasteiger partial charge < -0.3 is 9.80 Å². The van der Waals surface area contributed by atoms with Crippen molar-refractivity contribution in [3.8, 4) is 0 Å². The molecule has 1 aromatic rings. The van der Waals surface area contributed by atoms with Gasteiger partial charge in [0.1, 0.15) is 5.82 Å². The summed E-state index contributed by atoms with van der Waals surface area (Å²) < 4.78 is 13.1. The Labute approximate surface area is 117 Å². The van der Waals surface area contributed by atoms with Crippen molar-refractivity contribution in [2.45, 2.75) is 25.8 Å². The minimum atomic E-state index is -0.328. The zero-order valence-corrected chi connectivity index (χ0v) is 11.4. The van der Waals surface area contributed by atoms with E-state index >= 15 is 0 Å². The van der Waals surface area contributed by atoms with Gasteiger partial charge >= 0.3 is 0 Å². The highest BCUT2D eigenvalue weighted by atomic mass is 19.1. The lowest BCUT2D eigenvalue weighted by Gasteiger charge is -2.37. The summed E-state index contributed by atoms with van der Waals surface area (Å²) in [5.74, 6) is -0.202. The van der Waals surface area contributed by atoms with Crippen LogP contribution < -0.4 is 0 Å². The Bertz CT molecular complexity index is 573. The lowest BCUT2D eigenvalue weighted by atomic mass is 10.1. The number of halogens is 1. The molecular weight excluding hydrogens is 259 g/mol. The average molecular weight is 276 g/mol. The molecule has 0 radical (unpaired) electrons. The molecule has 0 aliphatic carbocycles. The highest BCUT2D eigenvalue weighted by molar-refractivity contribution is 5.96. The summed E-state index contributed by atoms with van der Waals surface area (Å²) in [6.07, 6.45) is 1.41. The molecule has 0 bridgehead atoms. The highest BCUT2D eigenvalue weighted by Crippen LogP contribution is 2.24. The maximum absolute atomic E-state index is 13.1. The molecule has 0 saturated carbocycles. The van der Waals surface area contributed by atoms with Gasteiger partial charge in [0.2, 0.25) is 5.91 Å². The molecule has 2 saturated heterocycles. The van der Waals surface area contributed by atoms with Crippen LogP contribution in [0.3, 0.4) is 0 Å². The van der Waals surface area contributed by atoms with Gasteiger partial charge in [-0.25, -0.2) is 4.39 Å². The minimum Gasteiger partial charge on any atom is -0.336 e. The second kappa shape index (κ2) is 4.89. The molecule has 2 fully saturated rings. The molecule has 3 rings (SSSR count). The lowest BCUT2D eigenvalue weighted by Crippen LogP contribution is -2.53. The third-order valence-corrected chi connectivity index (χ3v) is 4.20. The summed E-state index contributed by atoms with van der Waals surface area (Å²) in [7, 11) is 0. The van der Waals surface area contributed by atoms with E-state index in [4.69, 9.17) is 0 Å². The number of nitrogens with zero attached hydrogens (tertiary/aromatic N) is 2. The van der Waals surface area contributed by atoms with E-state index in [-0.39, 0.29) is 23.7 Å². The first-order chi connectivity index (χ1) is 9.56. The number of amides is 2. The van der Waals surface area contributed by atoms with Crippen LogP contribution in [-0.4, -0.2) is 47.3 Å². The van der Waals surface area contributed by atoms with Crippen LogP contribution in [0.5, 0.6) is 0 Å². The van der Waals surface area contributed by atoms with E-state index in [0.717, 1.165) is 6.42 Å². The molecule has 0 aromatic heterocycles. The number of carbonyl (C=O) groups excluding carboxylic acids is 2. The lowest BCUT2D eigenvalue weighted by molar-refractivity contribution is -0.130. The molecule has 1 unspecified atom stereocenters. The van der Waals surface area contributed by atoms with Crippen molar-refractivity contribution >= 4 is 11.8 Å². The Hall–Kier alpha value is -1.91. The van der Waals surface area contributed by atoms with Gasteiger partial charge in [-0.2, -0.15) is 0 Å². The summed E-state index contributed by atoms with van der Waals surface area (Å²) in [5.41, 5.74) is 1.20. The molecule has 4 nitrogen and oxygen atoms in total. The number of rotatable bonds is 1. The second-order valence-corrected chi connectivity index (χ2v) is 5.49. The number of hydrogen-bond donors (Lipinski definition) is 0. The van der Waals surface area contributed by atoms with Crippen LogP contribution in [0, 0.1) is 12.7 Å². The number of benzene rings is 1. The third kappa shape index (κ3) is 2.17. The zero-order chi connectivity index (χ0) is 14.3. The van der Waals surface area contributed by atoms with Crippen molar-refractivity contribution in [2.75, 3.05) is 19.6 Å². The first-order valence-electron chi connectivity index (χ1n) is 6.91. The Morgan fingerprint density at radius 1 is 1.35 bits per heavy atom. The maximum Gasteiger partial charge on any atom is 0.254 e. The normalized spacial score (nSPS) is 22.1. The van der Waals surface area contributed by atoms with Crippen LogP contribution in [-0.2, 0) is 4.79 Å². The van der Waals surface area contributed by atoms with Crippen LogP contribution >= 0.6 is 0 Å². The molecule has 0 spiro atoms. The number of aryl methyl sites for hydroxylation is 1. The van der Waals surface area contributed by atoms with Crippen molar-refractivity contribution in [3.05, 3.63) is 35.1 Å². The topological polar surface area (TPSA) is 40.6 Å². The maximum atomic E-state index is 13.1. The van der Waals surface area contributed by atoms with Gasteiger partial charge in [-0.1, -0.05) is 0 Å². The van der Waals surface area contributed by atoms with Gasteiger partial charge in [0.25, 0.3) is 5.91 Å². The molecule has 106 valence electrons. The summed E-state index contributed by atoms with van der Waals surface area (Å²) in [6, 6.07) is 4.39. The smallest absolute Gasteiger partial charge is 0.254 e. The molecule has 20 heavy (non-hydrogen) atoms. The van der Waals surface area contributed by atoms with E-state index in [0.29, 0.717) is 37.2 Å². The molecule has 2 aliphatic heterocycles. The highest BCUT2D eigenvalue weighted by Gasteiger charge is 2.37. The van der Waals surface area contributed by atoms with Gasteiger partial charge in [0.05, 0.1) is 0 Å². The number of piperazine rings is 1. The number of hydrogen-bond acceptors (Lipinski definition) is 2. The van der Waals surface area contributed by atoms with Gasteiger partial charge in [0, 0.05) is 37.7 Å². The Kier molecular flexibility index (Phi) is 3.20. The van der Waals surface area contributed by atoms with Crippen molar-refractivity contribution in [1.82, 2.24) is 9.80 Å². The van der Waals surface area contributed by atoms with Crippen LogP contribution in [0.15, 0.2) is 18.2 Å². The molecule has 1 aromatic carbocycles. The van der Waals surface area contributed by atoms with Gasteiger partial charge in [0.15, 0.2) is 0 Å². The first kappa shape index (κ1) is 13.1. The monoisotopic (exact) mass is 276 g/mol. The predicted octanol–water partition coefficient (Wildman–Crippen LogP) is 1.58. The summed E-state index contributed by atoms with van der Waals surface area (Å²) in [4.78, 5) is 27.8. The van der Waals surface area contributed by atoms with E-state index in [1.165, 1.54) is 12.1 Å². The molecule has 0 N–H and O–H groups in total. The van der Waals surface area contributed by atoms with E-state index < -0.39 is 0 Å². The largest absolute Gasteiger partial charge is 0.336 e. The predicted molar refractivity (Wildman–Crippen MR) is 71.8 cm³/mol. The number of fused-ring (bicyclic) bond motifs is 1. The molecule has 2 aliphatic rings. The van der Waals surface area contributed by atoms with Crippen LogP contribution in [0.25, 0.3) is 0 Å². The van der Waals surface area contributed by atoms with E-state index in [1.807, 2.05) is 4.90 Å². The molecule has 2 heterocycles. The van der Waals surface area contributed by atoms with Gasteiger partial charge in [-0.3, -0.25) is 9.59 Å². The van der Waals surface area contributed by atoms with Crippen molar-refractivity contribution in [3.63, 3.8) is 0 Å². The van der Waals surface area contributed by atoms with E-state index in [2.05, 4.69) is 0 Å². The van der Waals surface area contributed by atoms with Gasteiger partial charge in [-0.15, -0.1) is 0 Å². The number of carbonyl (C=O) groups is 2. The SMILES string of the molecule is Cc1cc(F)ccc1C(=O)N1CCN2C(=O)CCC2C1. The molecule has 5 heteroatoms. The summed E-state index contributed by atoms with van der Waals surface area (Å²) in [6.45, 7) is 3.49. The van der Waals surface area contributed by atoms with E-state index in [1.54, 1.807) is 17.9 Å². The third-order valence-electron chi connectivity index (χ3n) is 4.20. The fourth-order valence-corrected chi connectivity index (χ4v) is 3.09. The fourth-order valence-electron chi connectivity index (χ4n) is 3.09.